The van der Waals surface area contributed by atoms with Crippen LogP contribution in [0.15, 0.2) is 60.7 Å². The smallest absolute Gasteiger partial charge is 0.315 e. The molecule has 2 N–H and O–H groups in total. The summed E-state index contributed by atoms with van der Waals surface area (Å²) in [7, 11) is 0. The first-order valence-electron chi connectivity index (χ1n) is 7.44. The van der Waals surface area contributed by atoms with Gasteiger partial charge in [0.1, 0.15) is 0 Å². The molecule has 0 unspecified atom stereocenters. The van der Waals surface area contributed by atoms with E-state index >= 15 is 0 Å². The maximum Gasteiger partial charge on any atom is 0.315 e. The van der Waals surface area contributed by atoms with Crippen LogP contribution in [-0.2, 0) is 12.0 Å². The van der Waals surface area contributed by atoms with E-state index in [9.17, 15) is 4.79 Å². The number of carbonyl (C=O) groups excluding carboxylic acids is 1. The minimum absolute atomic E-state index is 0.0766. The zero-order valence-corrected chi connectivity index (χ0v) is 12.0. The van der Waals surface area contributed by atoms with Crippen molar-refractivity contribution < 1.29 is 4.79 Å². The largest absolute Gasteiger partial charge is 0.338 e. The number of hydrogen-bond donors (Lipinski definition) is 2. The standard InChI is InChI=1S/C18H20N2O/c21-17(19-14-11-15-7-3-1-4-8-15)20-18(12-13-18)16-9-5-2-6-10-16/h1-10H,11-14H2,(H2,19,20,21). The van der Waals surface area contributed by atoms with Gasteiger partial charge in [0.05, 0.1) is 5.54 Å². The Bertz CT molecular complexity index is 591. The van der Waals surface area contributed by atoms with E-state index in [2.05, 4.69) is 34.9 Å². The van der Waals surface area contributed by atoms with Crippen LogP contribution >= 0.6 is 0 Å². The van der Waals surface area contributed by atoms with Gasteiger partial charge in [-0.3, -0.25) is 0 Å². The van der Waals surface area contributed by atoms with E-state index in [1.54, 1.807) is 0 Å². The number of amides is 2. The predicted octanol–water partition coefficient (Wildman–Crippen LogP) is 3.22. The van der Waals surface area contributed by atoms with Crippen LogP contribution in [0.1, 0.15) is 24.0 Å². The molecule has 1 aliphatic carbocycles. The molecule has 2 aromatic rings. The SMILES string of the molecule is O=C(NCCc1ccccc1)NC1(c2ccccc2)CC1. The van der Waals surface area contributed by atoms with Crippen LogP contribution in [-0.4, -0.2) is 12.6 Å². The number of nitrogens with one attached hydrogen (secondary N) is 2. The van der Waals surface area contributed by atoms with Crippen LogP contribution in [0.4, 0.5) is 4.79 Å². The summed E-state index contributed by atoms with van der Waals surface area (Å²) in [5.74, 6) is 0. The van der Waals surface area contributed by atoms with Crippen LogP contribution in [0.5, 0.6) is 0 Å². The topological polar surface area (TPSA) is 41.1 Å². The third kappa shape index (κ3) is 3.43. The monoisotopic (exact) mass is 280 g/mol. The number of carbonyl (C=O) groups is 1. The highest BCUT2D eigenvalue weighted by atomic mass is 16.2. The van der Waals surface area contributed by atoms with Crippen LogP contribution < -0.4 is 10.6 Å². The summed E-state index contributed by atoms with van der Waals surface area (Å²) in [6.45, 7) is 0.653. The van der Waals surface area contributed by atoms with Crippen LogP contribution in [0.2, 0.25) is 0 Å². The number of hydrogen-bond acceptors (Lipinski definition) is 1. The third-order valence-corrected chi connectivity index (χ3v) is 3.97. The molecule has 1 aliphatic rings. The van der Waals surface area contributed by atoms with E-state index in [0.29, 0.717) is 6.54 Å². The van der Waals surface area contributed by atoms with Crippen LogP contribution in [0.25, 0.3) is 0 Å². The number of benzene rings is 2. The lowest BCUT2D eigenvalue weighted by atomic mass is 10.1. The van der Waals surface area contributed by atoms with E-state index in [1.807, 2.05) is 36.4 Å². The third-order valence-electron chi connectivity index (χ3n) is 3.97. The zero-order chi connectivity index (χ0) is 14.5. The summed E-state index contributed by atoms with van der Waals surface area (Å²) in [5.41, 5.74) is 2.29. The molecule has 0 spiro atoms. The van der Waals surface area contributed by atoms with Gasteiger partial charge in [0.15, 0.2) is 0 Å². The van der Waals surface area contributed by atoms with Gasteiger partial charge in [0, 0.05) is 6.54 Å². The fourth-order valence-electron chi connectivity index (χ4n) is 2.59. The Labute approximate surface area is 125 Å². The van der Waals surface area contributed by atoms with E-state index in [1.165, 1.54) is 11.1 Å². The average Bonchev–Trinajstić information content (AvgIpc) is 3.30. The van der Waals surface area contributed by atoms with Gasteiger partial charge in [-0.2, -0.15) is 0 Å². The molecule has 3 rings (SSSR count). The zero-order valence-electron chi connectivity index (χ0n) is 12.0. The van der Waals surface area contributed by atoms with Crippen molar-refractivity contribution in [1.29, 1.82) is 0 Å². The number of rotatable bonds is 5. The Morgan fingerprint density at radius 3 is 2.19 bits per heavy atom. The highest BCUT2D eigenvalue weighted by Gasteiger charge is 2.45. The van der Waals surface area contributed by atoms with Crippen molar-refractivity contribution in [2.75, 3.05) is 6.54 Å². The molecule has 1 fully saturated rings. The summed E-state index contributed by atoms with van der Waals surface area (Å²) in [5, 5.41) is 6.07. The molecule has 0 atom stereocenters. The van der Waals surface area contributed by atoms with Crippen LogP contribution in [0.3, 0.4) is 0 Å². The van der Waals surface area contributed by atoms with Gasteiger partial charge in [0.25, 0.3) is 0 Å². The van der Waals surface area contributed by atoms with Gasteiger partial charge in [-0.25, -0.2) is 4.79 Å². The maximum atomic E-state index is 12.0. The molecule has 3 heteroatoms. The molecule has 0 radical (unpaired) electrons. The van der Waals surface area contributed by atoms with E-state index in [-0.39, 0.29) is 11.6 Å². The Balaban J connectivity index is 1.49. The molecule has 3 nitrogen and oxygen atoms in total. The van der Waals surface area contributed by atoms with Gasteiger partial charge in [-0.05, 0) is 30.4 Å². The van der Waals surface area contributed by atoms with Gasteiger partial charge in [-0.1, -0.05) is 60.7 Å². The Kier molecular flexibility index (Phi) is 3.91. The van der Waals surface area contributed by atoms with Crippen molar-refractivity contribution in [3.8, 4) is 0 Å². The lowest BCUT2D eigenvalue weighted by molar-refractivity contribution is 0.236. The van der Waals surface area contributed by atoms with Gasteiger partial charge >= 0.3 is 6.03 Å². The van der Waals surface area contributed by atoms with Gasteiger partial charge in [-0.15, -0.1) is 0 Å². The van der Waals surface area contributed by atoms with Crippen molar-refractivity contribution in [3.05, 3.63) is 71.8 Å². The molecule has 2 aromatic carbocycles. The molecule has 0 saturated heterocycles. The summed E-state index contributed by atoms with van der Waals surface area (Å²) in [6.07, 6.45) is 2.89. The summed E-state index contributed by atoms with van der Waals surface area (Å²) < 4.78 is 0. The van der Waals surface area contributed by atoms with Crippen molar-refractivity contribution in [2.24, 2.45) is 0 Å². The van der Waals surface area contributed by atoms with Gasteiger partial charge in [0.2, 0.25) is 0 Å². The highest BCUT2D eigenvalue weighted by Crippen LogP contribution is 2.45. The molecule has 1 saturated carbocycles. The Morgan fingerprint density at radius 2 is 1.57 bits per heavy atom. The normalized spacial score (nSPS) is 15.2. The Morgan fingerprint density at radius 1 is 0.952 bits per heavy atom. The molecule has 0 aliphatic heterocycles. The summed E-state index contributed by atoms with van der Waals surface area (Å²) >= 11 is 0. The first kappa shape index (κ1) is 13.7. The van der Waals surface area contributed by atoms with E-state index in [4.69, 9.17) is 0 Å². The molecule has 21 heavy (non-hydrogen) atoms. The molecule has 0 bridgehead atoms. The molecule has 0 heterocycles. The second-order valence-corrected chi connectivity index (χ2v) is 5.56. The van der Waals surface area contributed by atoms with Crippen molar-refractivity contribution in [2.45, 2.75) is 24.8 Å². The first-order valence-corrected chi connectivity index (χ1v) is 7.44. The van der Waals surface area contributed by atoms with E-state index < -0.39 is 0 Å². The Hall–Kier alpha value is -2.29. The minimum atomic E-state index is -0.141. The first-order chi connectivity index (χ1) is 10.3. The van der Waals surface area contributed by atoms with Crippen molar-refractivity contribution >= 4 is 6.03 Å². The maximum absolute atomic E-state index is 12.0. The second kappa shape index (κ2) is 6.00. The van der Waals surface area contributed by atoms with Gasteiger partial charge < -0.3 is 10.6 Å². The second-order valence-electron chi connectivity index (χ2n) is 5.56. The van der Waals surface area contributed by atoms with Crippen LogP contribution in [0, 0.1) is 0 Å². The lowest BCUT2D eigenvalue weighted by Crippen LogP contribution is -2.42. The fourth-order valence-corrected chi connectivity index (χ4v) is 2.59. The fraction of sp³-hybridized carbons (Fsp3) is 0.278. The minimum Gasteiger partial charge on any atom is -0.338 e. The quantitative estimate of drug-likeness (QED) is 0.867. The molecule has 108 valence electrons. The lowest BCUT2D eigenvalue weighted by Gasteiger charge is -2.18. The van der Waals surface area contributed by atoms with E-state index in [0.717, 1.165) is 19.3 Å². The molecule has 2 amide bonds. The highest BCUT2D eigenvalue weighted by molar-refractivity contribution is 5.75. The molecular formula is C18H20N2O. The van der Waals surface area contributed by atoms with Crippen molar-refractivity contribution in [3.63, 3.8) is 0 Å². The van der Waals surface area contributed by atoms with Crippen molar-refractivity contribution in [1.82, 2.24) is 10.6 Å². The molecular weight excluding hydrogens is 260 g/mol. The predicted molar refractivity (Wildman–Crippen MR) is 84.0 cm³/mol. The summed E-state index contributed by atoms with van der Waals surface area (Å²) in [6, 6.07) is 20.3. The molecule has 0 aromatic heterocycles. The average molecular weight is 280 g/mol. The number of urea groups is 1. The summed E-state index contributed by atoms with van der Waals surface area (Å²) in [4.78, 5) is 12.0.